The highest BCUT2D eigenvalue weighted by Gasteiger charge is 2.06. The Labute approximate surface area is 112 Å². The number of nitrogens with two attached hydrogens (primary N) is 1. The lowest BCUT2D eigenvalue weighted by molar-refractivity contribution is 0.413. The number of hydrogen-bond donors (Lipinski definition) is 2. The van der Waals surface area contributed by atoms with Crippen LogP contribution >= 0.6 is 0 Å². The van der Waals surface area contributed by atoms with E-state index < -0.39 is 0 Å². The van der Waals surface area contributed by atoms with E-state index in [1.807, 2.05) is 48.3 Å². The van der Waals surface area contributed by atoms with Crippen molar-refractivity contribution in [2.24, 2.45) is 5.73 Å². The van der Waals surface area contributed by atoms with E-state index in [9.17, 15) is 0 Å². The fourth-order valence-corrected chi connectivity index (χ4v) is 1.69. The van der Waals surface area contributed by atoms with E-state index in [2.05, 4.69) is 4.98 Å². The second-order valence-corrected chi connectivity index (χ2v) is 4.08. The average Bonchev–Trinajstić information content (AvgIpc) is 2.46. The van der Waals surface area contributed by atoms with E-state index >= 15 is 0 Å². The predicted molar refractivity (Wildman–Crippen MR) is 76.3 cm³/mol. The Morgan fingerprint density at radius 1 is 1.21 bits per heavy atom. The number of benzene rings is 1. The lowest BCUT2D eigenvalue weighted by Crippen LogP contribution is -2.13. The molecule has 0 aliphatic carbocycles. The molecule has 0 aliphatic heterocycles. The number of methoxy groups -OCH3 is 1. The van der Waals surface area contributed by atoms with Gasteiger partial charge in [0.2, 0.25) is 0 Å². The number of hydrogen-bond acceptors (Lipinski definition) is 4. The van der Waals surface area contributed by atoms with Gasteiger partial charge in [0.05, 0.1) is 13.3 Å². The number of nitrogens with zero attached hydrogens (tertiary/aromatic N) is 2. The van der Waals surface area contributed by atoms with Crippen LogP contribution in [0, 0.1) is 5.41 Å². The molecule has 0 radical (unpaired) electrons. The minimum Gasteiger partial charge on any atom is -0.495 e. The fraction of sp³-hybridized carbons (Fsp3) is 0.143. The number of aromatic nitrogens is 1. The number of ether oxygens (including phenoxy) is 1. The molecule has 2 rings (SSSR count). The predicted octanol–water partition coefficient (Wildman–Crippen LogP) is 2.14. The van der Waals surface area contributed by atoms with Crippen molar-refractivity contribution in [3.63, 3.8) is 0 Å². The Morgan fingerprint density at radius 3 is 2.37 bits per heavy atom. The van der Waals surface area contributed by atoms with E-state index in [-0.39, 0.29) is 5.84 Å². The van der Waals surface area contributed by atoms with E-state index in [1.54, 1.807) is 13.3 Å². The molecule has 0 saturated carbocycles. The van der Waals surface area contributed by atoms with Crippen LogP contribution in [0.15, 0.2) is 42.6 Å². The molecule has 5 nitrogen and oxygen atoms in total. The molecule has 0 unspecified atom stereocenters. The zero-order valence-electron chi connectivity index (χ0n) is 10.9. The standard InChI is InChI=1S/C14H16N4O/c1-18(13-8-7-12(19-2)9-17-13)11-5-3-10(4-6-11)14(15)16/h3-9H,1-2H3,(H3,15,16). The third-order valence-corrected chi connectivity index (χ3v) is 2.87. The summed E-state index contributed by atoms with van der Waals surface area (Å²) in [6.45, 7) is 0. The average molecular weight is 256 g/mol. The Morgan fingerprint density at radius 2 is 1.89 bits per heavy atom. The molecular formula is C14H16N4O. The van der Waals surface area contributed by atoms with Gasteiger partial charge in [-0.3, -0.25) is 5.41 Å². The summed E-state index contributed by atoms with van der Waals surface area (Å²) in [6.07, 6.45) is 1.68. The highest BCUT2D eigenvalue weighted by Crippen LogP contribution is 2.23. The van der Waals surface area contributed by atoms with E-state index in [4.69, 9.17) is 15.9 Å². The van der Waals surface area contributed by atoms with Crippen molar-refractivity contribution in [2.75, 3.05) is 19.1 Å². The molecule has 0 spiro atoms. The molecule has 0 atom stereocenters. The molecule has 1 aromatic heterocycles. The van der Waals surface area contributed by atoms with Crippen molar-refractivity contribution in [1.82, 2.24) is 4.98 Å². The number of anilines is 2. The van der Waals surface area contributed by atoms with E-state index in [0.717, 1.165) is 17.3 Å². The maximum atomic E-state index is 7.36. The number of pyridine rings is 1. The zero-order valence-corrected chi connectivity index (χ0v) is 10.9. The van der Waals surface area contributed by atoms with Crippen LogP contribution in [0.5, 0.6) is 5.75 Å². The normalized spacial score (nSPS) is 10.0. The van der Waals surface area contributed by atoms with Crippen molar-refractivity contribution in [3.8, 4) is 5.75 Å². The summed E-state index contributed by atoms with van der Waals surface area (Å²) in [7, 11) is 3.54. The first kappa shape index (κ1) is 12.9. The molecule has 3 N–H and O–H groups in total. The minimum atomic E-state index is 0.0665. The number of nitrogen functional groups attached to an aromatic ring is 1. The Hall–Kier alpha value is -2.56. The summed E-state index contributed by atoms with van der Waals surface area (Å²) in [4.78, 5) is 6.27. The quantitative estimate of drug-likeness (QED) is 0.649. The molecule has 0 bridgehead atoms. The van der Waals surface area contributed by atoms with Gasteiger partial charge in [0.15, 0.2) is 0 Å². The highest BCUT2D eigenvalue weighted by molar-refractivity contribution is 5.95. The minimum absolute atomic E-state index is 0.0665. The molecule has 0 amide bonds. The van der Waals surface area contributed by atoms with Gasteiger partial charge in [-0.1, -0.05) is 0 Å². The third kappa shape index (κ3) is 2.82. The van der Waals surface area contributed by atoms with Crippen molar-refractivity contribution in [2.45, 2.75) is 0 Å². The molecule has 0 saturated heterocycles. The van der Waals surface area contributed by atoms with Crippen LogP contribution in [0.3, 0.4) is 0 Å². The number of nitrogens with one attached hydrogen (secondary N) is 1. The summed E-state index contributed by atoms with van der Waals surface area (Å²) in [6, 6.07) is 11.2. The van der Waals surface area contributed by atoms with Crippen LogP contribution in [0.4, 0.5) is 11.5 Å². The van der Waals surface area contributed by atoms with Crippen LogP contribution in [-0.4, -0.2) is 25.0 Å². The SMILES string of the molecule is COc1ccc(N(C)c2ccc(C(=N)N)cc2)nc1. The maximum Gasteiger partial charge on any atom is 0.137 e. The largest absolute Gasteiger partial charge is 0.495 e. The summed E-state index contributed by atoms with van der Waals surface area (Å²) in [5.74, 6) is 1.61. The second-order valence-electron chi connectivity index (χ2n) is 4.08. The van der Waals surface area contributed by atoms with Gasteiger partial charge < -0.3 is 15.4 Å². The lowest BCUT2D eigenvalue weighted by Gasteiger charge is -2.18. The molecule has 2 aromatic rings. The maximum absolute atomic E-state index is 7.36. The summed E-state index contributed by atoms with van der Waals surface area (Å²) < 4.78 is 5.08. The third-order valence-electron chi connectivity index (χ3n) is 2.87. The van der Waals surface area contributed by atoms with Gasteiger partial charge in [-0.25, -0.2) is 4.98 Å². The van der Waals surface area contributed by atoms with Crippen molar-refractivity contribution in [3.05, 3.63) is 48.2 Å². The van der Waals surface area contributed by atoms with Crippen molar-refractivity contribution in [1.29, 1.82) is 5.41 Å². The zero-order chi connectivity index (χ0) is 13.8. The van der Waals surface area contributed by atoms with Gasteiger partial charge in [-0.15, -0.1) is 0 Å². The molecule has 1 aromatic carbocycles. The fourth-order valence-electron chi connectivity index (χ4n) is 1.69. The van der Waals surface area contributed by atoms with Crippen LogP contribution in [-0.2, 0) is 0 Å². The first-order valence-corrected chi connectivity index (χ1v) is 5.80. The van der Waals surface area contributed by atoms with Gasteiger partial charge in [-0.2, -0.15) is 0 Å². The molecule has 1 heterocycles. The van der Waals surface area contributed by atoms with Crippen molar-refractivity contribution < 1.29 is 4.74 Å². The van der Waals surface area contributed by atoms with Crippen LogP contribution in [0.25, 0.3) is 0 Å². The van der Waals surface area contributed by atoms with Crippen LogP contribution in [0.2, 0.25) is 0 Å². The van der Waals surface area contributed by atoms with Gasteiger partial charge in [0.1, 0.15) is 17.4 Å². The topological polar surface area (TPSA) is 75.2 Å². The smallest absolute Gasteiger partial charge is 0.137 e. The van der Waals surface area contributed by atoms with Gasteiger partial charge in [-0.05, 0) is 36.4 Å². The number of amidine groups is 1. The van der Waals surface area contributed by atoms with Crippen LogP contribution in [0.1, 0.15) is 5.56 Å². The lowest BCUT2D eigenvalue weighted by atomic mass is 10.2. The Kier molecular flexibility index (Phi) is 3.66. The van der Waals surface area contributed by atoms with Crippen LogP contribution < -0.4 is 15.4 Å². The molecular weight excluding hydrogens is 240 g/mol. The first-order chi connectivity index (χ1) is 9.11. The summed E-state index contributed by atoms with van der Waals surface area (Å²) in [5, 5.41) is 7.36. The second kappa shape index (κ2) is 5.39. The van der Waals surface area contributed by atoms with E-state index in [0.29, 0.717) is 5.56 Å². The Balaban J connectivity index is 2.22. The van der Waals surface area contributed by atoms with Gasteiger partial charge in [0.25, 0.3) is 0 Å². The molecule has 98 valence electrons. The first-order valence-electron chi connectivity index (χ1n) is 5.80. The van der Waals surface area contributed by atoms with Gasteiger partial charge >= 0.3 is 0 Å². The van der Waals surface area contributed by atoms with Crippen molar-refractivity contribution >= 4 is 17.3 Å². The monoisotopic (exact) mass is 256 g/mol. The summed E-state index contributed by atoms with van der Waals surface area (Å²) >= 11 is 0. The molecule has 19 heavy (non-hydrogen) atoms. The number of rotatable bonds is 4. The summed E-state index contributed by atoms with van der Waals surface area (Å²) in [5.41, 5.74) is 7.11. The molecule has 0 aliphatic rings. The van der Waals surface area contributed by atoms with E-state index in [1.165, 1.54) is 0 Å². The molecule has 0 fully saturated rings. The van der Waals surface area contributed by atoms with Gasteiger partial charge in [0, 0.05) is 18.3 Å². The highest BCUT2D eigenvalue weighted by atomic mass is 16.5. The Bertz CT molecular complexity index is 563. The molecule has 5 heteroatoms.